The molecule has 7 heteroatoms. The number of amides is 1. The molecule has 0 fully saturated rings. The van der Waals surface area contributed by atoms with Crippen LogP contribution in [-0.4, -0.2) is 23.8 Å². The number of hydrogen-bond acceptors (Lipinski definition) is 5. The van der Waals surface area contributed by atoms with Gasteiger partial charge in [-0.3, -0.25) is 4.79 Å². The lowest BCUT2D eigenvalue weighted by Gasteiger charge is -2.12. The number of ether oxygens (including phenoxy) is 2. The fourth-order valence-corrected chi connectivity index (χ4v) is 3.37. The molecule has 4 aromatic carbocycles. The number of nitrogens with zero attached hydrogens (tertiary/aromatic N) is 1. The lowest BCUT2D eigenvalue weighted by Crippen LogP contribution is -2.17. The van der Waals surface area contributed by atoms with Crippen LogP contribution in [0.4, 0.5) is 4.39 Å². The largest absolute Gasteiger partial charge is 0.507 e. The molecule has 6 nitrogen and oxygen atoms in total. The second-order valence-electron chi connectivity index (χ2n) is 7.47. The van der Waals surface area contributed by atoms with Crippen LogP contribution in [-0.2, 0) is 6.61 Å². The van der Waals surface area contributed by atoms with Gasteiger partial charge in [0.05, 0.1) is 18.4 Å². The predicted molar refractivity (Wildman–Crippen MR) is 129 cm³/mol. The number of fused-ring (bicyclic) bond motifs is 1. The summed E-state index contributed by atoms with van der Waals surface area (Å²) in [6.07, 6.45) is 1.47. The van der Waals surface area contributed by atoms with Gasteiger partial charge in [-0.2, -0.15) is 5.10 Å². The molecule has 2 N–H and O–H groups in total. The average molecular weight is 458 g/mol. The van der Waals surface area contributed by atoms with Gasteiger partial charge in [0.2, 0.25) is 0 Å². The Labute approximate surface area is 196 Å². The Kier molecular flexibility index (Phi) is 7.03. The van der Waals surface area contributed by atoms with Gasteiger partial charge in [-0.25, -0.2) is 9.82 Å². The minimum atomic E-state index is -0.524. The van der Waals surface area contributed by atoms with E-state index >= 15 is 0 Å². The van der Waals surface area contributed by atoms with Crippen molar-refractivity contribution in [1.29, 1.82) is 0 Å². The molecule has 0 aliphatic heterocycles. The number of carbonyl (C=O) groups excluding carboxylic acids is 1. The van der Waals surface area contributed by atoms with E-state index in [2.05, 4.69) is 10.5 Å². The summed E-state index contributed by atoms with van der Waals surface area (Å²) in [7, 11) is 0. The highest BCUT2D eigenvalue weighted by Gasteiger charge is 2.12. The molecular weight excluding hydrogens is 435 g/mol. The van der Waals surface area contributed by atoms with Gasteiger partial charge in [0, 0.05) is 0 Å². The maximum Gasteiger partial charge on any atom is 0.275 e. The highest BCUT2D eigenvalue weighted by Crippen LogP contribution is 2.29. The average Bonchev–Trinajstić information content (AvgIpc) is 2.84. The summed E-state index contributed by atoms with van der Waals surface area (Å²) in [4.78, 5) is 12.5. The minimum absolute atomic E-state index is 0.118. The summed E-state index contributed by atoms with van der Waals surface area (Å²) >= 11 is 0. The van der Waals surface area contributed by atoms with Crippen LogP contribution in [0.5, 0.6) is 17.2 Å². The van der Waals surface area contributed by atoms with E-state index in [-0.39, 0.29) is 23.7 Å². The molecule has 4 rings (SSSR count). The van der Waals surface area contributed by atoms with E-state index in [0.717, 1.165) is 16.3 Å². The van der Waals surface area contributed by atoms with Gasteiger partial charge in [0.25, 0.3) is 5.91 Å². The maximum atomic E-state index is 13.1. The van der Waals surface area contributed by atoms with Crippen molar-refractivity contribution in [2.24, 2.45) is 5.10 Å². The van der Waals surface area contributed by atoms with Crippen molar-refractivity contribution in [1.82, 2.24) is 5.43 Å². The van der Waals surface area contributed by atoms with Crippen LogP contribution < -0.4 is 14.9 Å². The first-order chi connectivity index (χ1) is 16.5. The maximum absolute atomic E-state index is 13.1. The van der Waals surface area contributed by atoms with Gasteiger partial charge in [0.15, 0.2) is 11.5 Å². The third-order valence-corrected chi connectivity index (χ3v) is 5.06. The molecule has 4 aromatic rings. The molecular formula is C27H23FN2O4. The molecule has 0 radical (unpaired) electrons. The van der Waals surface area contributed by atoms with Gasteiger partial charge >= 0.3 is 0 Å². The molecule has 34 heavy (non-hydrogen) atoms. The van der Waals surface area contributed by atoms with Gasteiger partial charge in [0.1, 0.15) is 18.2 Å². The zero-order valence-electron chi connectivity index (χ0n) is 18.5. The molecule has 0 saturated carbocycles. The van der Waals surface area contributed by atoms with Crippen molar-refractivity contribution >= 4 is 22.9 Å². The molecule has 0 spiro atoms. The molecule has 0 saturated heterocycles. The monoisotopic (exact) mass is 458 g/mol. The number of phenolic OH excluding ortho intramolecular Hbond substituents is 1. The SMILES string of the molecule is CCOc1cc(C=NNC(=O)c2cc3ccccc3cc2O)ccc1OCc1ccc(F)cc1. The Morgan fingerprint density at radius 3 is 2.44 bits per heavy atom. The fourth-order valence-electron chi connectivity index (χ4n) is 3.37. The van der Waals surface area contributed by atoms with E-state index in [1.807, 2.05) is 31.2 Å². The first kappa shape index (κ1) is 22.8. The molecule has 0 aliphatic rings. The third kappa shape index (κ3) is 5.50. The van der Waals surface area contributed by atoms with E-state index in [9.17, 15) is 14.3 Å². The lowest BCUT2D eigenvalue weighted by molar-refractivity contribution is 0.0952. The number of hydrogen-bond donors (Lipinski definition) is 2. The third-order valence-electron chi connectivity index (χ3n) is 5.06. The Bertz CT molecular complexity index is 1340. The molecule has 0 atom stereocenters. The summed E-state index contributed by atoms with van der Waals surface area (Å²) in [5.74, 6) is 0.113. The van der Waals surface area contributed by atoms with Crippen molar-refractivity contribution < 1.29 is 23.8 Å². The first-order valence-electron chi connectivity index (χ1n) is 10.7. The molecule has 0 bridgehead atoms. The number of carbonyl (C=O) groups is 1. The quantitative estimate of drug-likeness (QED) is 0.273. The lowest BCUT2D eigenvalue weighted by atomic mass is 10.1. The number of benzene rings is 4. The number of nitrogens with one attached hydrogen (secondary N) is 1. The van der Waals surface area contributed by atoms with Crippen LogP contribution in [0.25, 0.3) is 10.8 Å². The van der Waals surface area contributed by atoms with E-state index in [1.54, 1.807) is 42.5 Å². The summed E-state index contributed by atoms with van der Waals surface area (Å²) in [6, 6.07) is 22.0. The topological polar surface area (TPSA) is 80.2 Å². The summed E-state index contributed by atoms with van der Waals surface area (Å²) in [5.41, 5.74) is 4.08. The Morgan fingerprint density at radius 1 is 0.971 bits per heavy atom. The smallest absolute Gasteiger partial charge is 0.275 e. The normalized spacial score (nSPS) is 11.0. The zero-order valence-corrected chi connectivity index (χ0v) is 18.5. The number of halogens is 1. The Morgan fingerprint density at radius 2 is 1.71 bits per heavy atom. The molecule has 172 valence electrons. The van der Waals surface area contributed by atoms with E-state index in [4.69, 9.17) is 9.47 Å². The second kappa shape index (κ2) is 10.5. The van der Waals surface area contributed by atoms with Crippen LogP contribution >= 0.6 is 0 Å². The van der Waals surface area contributed by atoms with Crippen molar-refractivity contribution in [2.75, 3.05) is 6.61 Å². The number of aromatic hydroxyl groups is 1. The van der Waals surface area contributed by atoms with Crippen LogP contribution in [0.1, 0.15) is 28.4 Å². The second-order valence-corrected chi connectivity index (χ2v) is 7.47. The minimum Gasteiger partial charge on any atom is -0.507 e. The number of rotatable bonds is 8. The van der Waals surface area contributed by atoms with Gasteiger partial charge in [-0.05, 0) is 71.3 Å². The molecule has 0 aliphatic carbocycles. The highest BCUT2D eigenvalue weighted by atomic mass is 19.1. The molecule has 0 heterocycles. The van der Waals surface area contributed by atoms with Crippen LogP contribution in [0.15, 0.2) is 84.0 Å². The standard InChI is InChI=1S/C27H23FN2O4/c1-2-33-26-13-19(9-12-25(26)34-17-18-7-10-22(28)11-8-18)16-29-30-27(32)23-14-20-5-3-4-6-21(20)15-24(23)31/h3-16,31H,2,17H2,1H3,(H,30,32). The summed E-state index contributed by atoms with van der Waals surface area (Å²) < 4.78 is 24.6. The van der Waals surface area contributed by atoms with Crippen molar-refractivity contribution in [3.8, 4) is 17.2 Å². The van der Waals surface area contributed by atoms with Crippen molar-refractivity contribution in [2.45, 2.75) is 13.5 Å². The molecule has 1 amide bonds. The summed E-state index contributed by atoms with van der Waals surface area (Å²) in [5, 5.41) is 15.9. The van der Waals surface area contributed by atoms with E-state index in [1.165, 1.54) is 18.3 Å². The van der Waals surface area contributed by atoms with E-state index in [0.29, 0.717) is 23.7 Å². The van der Waals surface area contributed by atoms with Crippen molar-refractivity contribution in [3.63, 3.8) is 0 Å². The van der Waals surface area contributed by atoms with Crippen molar-refractivity contribution in [3.05, 3.63) is 101 Å². The van der Waals surface area contributed by atoms with Crippen LogP contribution in [0, 0.1) is 5.82 Å². The van der Waals surface area contributed by atoms with E-state index < -0.39 is 5.91 Å². The predicted octanol–water partition coefficient (Wildman–Crippen LogP) is 5.43. The van der Waals surface area contributed by atoms with Crippen LogP contribution in [0.2, 0.25) is 0 Å². The number of phenols is 1. The Hall–Kier alpha value is -4.39. The molecule has 0 aromatic heterocycles. The Balaban J connectivity index is 1.44. The van der Waals surface area contributed by atoms with Gasteiger partial charge in [-0.15, -0.1) is 0 Å². The van der Waals surface area contributed by atoms with Gasteiger partial charge < -0.3 is 14.6 Å². The van der Waals surface area contributed by atoms with Gasteiger partial charge in [-0.1, -0.05) is 36.4 Å². The fraction of sp³-hybridized carbons (Fsp3) is 0.111. The highest BCUT2D eigenvalue weighted by molar-refractivity contribution is 6.01. The summed E-state index contributed by atoms with van der Waals surface area (Å²) in [6.45, 7) is 2.56. The first-order valence-corrected chi connectivity index (χ1v) is 10.7. The molecule has 0 unspecified atom stereocenters. The number of hydrazone groups is 1. The zero-order chi connectivity index (χ0) is 23.9. The van der Waals surface area contributed by atoms with Crippen LogP contribution in [0.3, 0.4) is 0 Å².